The number of carbonyl (C=O) groups excluding carboxylic acids is 1. The van der Waals surface area contributed by atoms with Gasteiger partial charge in [-0.15, -0.1) is 0 Å². The fraction of sp³-hybridized carbons (Fsp3) is 0.981. The van der Waals surface area contributed by atoms with Crippen molar-refractivity contribution in [3.05, 3.63) is 0 Å². The zero-order chi connectivity index (χ0) is 43.2. The number of nitrogens with zero attached hydrogens (tertiary/aromatic N) is 6. The molecular formula is C53H94N6O. The lowest BCUT2D eigenvalue weighted by molar-refractivity contribution is -0.662. The summed E-state index contributed by atoms with van der Waals surface area (Å²) in [5.41, 5.74) is 2.60. The van der Waals surface area contributed by atoms with Crippen LogP contribution < -0.4 is 0 Å². The van der Waals surface area contributed by atoms with Crippen molar-refractivity contribution in [1.29, 1.82) is 0 Å². The van der Waals surface area contributed by atoms with Gasteiger partial charge in [-0.1, -0.05) is 48.0 Å². The molecule has 5 unspecified atom stereocenters. The zero-order valence-corrected chi connectivity index (χ0v) is 41.7. The van der Waals surface area contributed by atoms with Gasteiger partial charge < -0.3 is 14.7 Å². The first-order valence-electron chi connectivity index (χ1n) is 26.1. The van der Waals surface area contributed by atoms with Gasteiger partial charge in [-0.25, -0.2) is 0 Å². The van der Waals surface area contributed by atoms with Gasteiger partial charge in [0.1, 0.15) is 0 Å². The molecule has 4 bridgehead atoms. The van der Waals surface area contributed by atoms with E-state index in [4.69, 9.17) is 0 Å². The van der Waals surface area contributed by atoms with Crippen LogP contribution in [0, 0.1) is 86.8 Å². The van der Waals surface area contributed by atoms with E-state index in [-0.39, 0.29) is 5.41 Å². The molecule has 0 aromatic rings. The second-order valence-corrected chi connectivity index (χ2v) is 25.9. The van der Waals surface area contributed by atoms with Crippen molar-refractivity contribution in [3.63, 3.8) is 0 Å². The highest BCUT2D eigenvalue weighted by molar-refractivity contribution is 5.86. The summed E-state index contributed by atoms with van der Waals surface area (Å²) in [6.07, 6.45) is 11.5. The van der Waals surface area contributed by atoms with Crippen molar-refractivity contribution >= 4 is 5.91 Å². The molecule has 0 radical (unpaired) electrons. The summed E-state index contributed by atoms with van der Waals surface area (Å²) in [5, 5.41) is 0. The number of carbonyl (C=O) groups is 1. The first kappa shape index (κ1) is 44.5. The van der Waals surface area contributed by atoms with Gasteiger partial charge >= 0.3 is 0 Å². The van der Waals surface area contributed by atoms with Gasteiger partial charge in [0, 0.05) is 89.1 Å². The fourth-order valence-corrected chi connectivity index (χ4v) is 18.8. The second-order valence-electron chi connectivity index (χ2n) is 25.9. The summed E-state index contributed by atoms with van der Waals surface area (Å²) in [6.45, 7) is 38.0. The van der Waals surface area contributed by atoms with Crippen LogP contribution in [0.3, 0.4) is 0 Å². The fourth-order valence-electron chi connectivity index (χ4n) is 18.8. The predicted octanol–water partition coefficient (Wildman–Crippen LogP) is 8.63. The van der Waals surface area contributed by atoms with Crippen LogP contribution >= 0.6 is 0 Å². The molecule has 7 heterocycles. The normalized spacial score (nSPS) is 47.9. The molecule has 60 heavy (non-hydrogen) atoms. The lowest BCUT2D eigenvalue weighted by Gasteiger charge is -3.12. The van der Waals surface area contributed by atoms with Crippen LogP contribution in [0.15, 0.2) is 0 Å². The van der Waals surface area contributed by atoms with Gasteiger partial charge in [0.2, 0.25) is 5.91 Å². The van der Waals surface area contributed by atoms with Crippen LogP contribution in [-0.2, 0) is 4.79 Å². The van der Waals surface area contributed by atoms with E-state index in [0.717, 1.165) is 102 Å². The molecule has 0 aromatic carbocycles. The number of piperazine rings is 1. The van der Waals surface area contributed by atoms with Crippen LogP contribution in [0.2, 0.25) is 0 Å². The highest BCUT2D eigenvalue weighted by Crippen LogP contribution is 3.11. The summed E-state index contributed by atoms with van der Waals surface area (Å²) < 4.78 is 0. The number of piperidine rings is 3. The monoisotopic (exact) mass is 831 g/mol. The first-order valence-corrected chi connectivity index (χ1v) is 26.1. The van der Waals surface area contributed by atoms with Crippen molar-refractivity contribution in [3.8, 4) is 0 Å². The molecule has 342 valence electrons. The first-order chi connectivity index (χ1) is 28.2. The number of hydrogen-bond donors (Lipinski definition) is 0. The molecule has 7 heteroatoms. The summed E-state index contributed by atoms with van der Waals surface area (Å²) in [4.78, 5) is 26.5. The maximum atomic E-state index is 11.8. The smallest absolute Gasteiger partial charge is 0.231 e. The molecule has 1 amide bonds. The van der Waals surface area contributed by atoms with E-state index in [1.807, 2.05) is 11.9 Å². The lowest BCUT2D eigenvalue weighted by Crippen LogP contribution is -3.09. The number of likely N-dealkylation sites (N-methyl/N-ethyl adjacent to an activating group) is 1. The van der Waals surface area contributed by atoms with E-state index < -0.39 is 0 Å². The van der Waals surface area contributed by atoms with Gasteiger partial charge in [-0.2, -0.15) is 0 Å². The third-order valence-corrected chi connectivity index (χ3v) is 21.9. The van der Waals surface area contributed by atoms with Crippen LogP contribution in [-0.4, -0.2) is 145 Å². The Bertz CT molecular complexity index is 1520. The third kappa shape index (κ3) is 6.11. The maximum Gasteiger partial charge on any atom is 0.231 e. The third-order valence-electron chi connectivity index (χ3n) is 21.9. The molecule has 1 spiro atoms. The Morgan fingerprint density at radius 1 is 0.617 bits per heavy atom. The average Bonchev–Trinajstić information content (AvgIpc) is 3.92. The number of amides is 1. The molecule has 8 aliphatic carbocycles. The van der Waals surface area contributed by atoms with Crippen molar-refractivity contribution in [2.75, 3.05) is 73.5 Å². The minimum Gasteiger partial charge on any atom is -0.345 e. The SMILES string of the molecule is CC(C)C12C3C4C1C1C2C3C41C.CC(C)C12CC(CN(C)C1)C2.CC(C)N1CC2(CCN(C)C2=O)C1.CC(C)N1CCCC2CCCC21.CC1C2CN(C(C)C)C1CN2C. The van der Waals surface area contributed by atoms with Gasteiger partial charge in [0.15, 0.2) is 0 Å². The maximum absolute atomic E-state index is 11.8. The molecule has 15 fully saturated rings. The minimum absolute atomic E-state index is 0.0129. The quantitative estimate of drug-likeness (QED) is 0.277. The van der Waals surface area contributed by atoms with E-state index in [1.165, 1.54) is 113 Å². The van der Waals surface area contributed by atoms with E-state index in [1.54, 1.807) is 0 Å². The Kier molecular flexibility index (Phi) is 11.4. The average molecular weight is 831 g/mol. The van der Waals surface area contributed by atoms with Crippen LogP contribution in [0.1, 0.15) is 134 Å². The number of hydrogen-bond acceptors (Lipinski definition) is 6. The topological polar surface area (TPSA) is 36.5 Å². The van der Waals surface area contributed by atoms with Crippen LogP contribution in [0.25, 0.3) is 0 Å². The lowest BCUT2D eigenvalue weighted by atomic mass is 8.92. The van der Waals surface area contributed by atoms with Crippen molar-refractivity contribution in [2.24, 2.45) is 86.8 Å². The highest BCUT2D eigenvalue weighted by atomic mass is 16.2. The van der Waals surface area contributed by atoms with Crippen LogP contribution in [0.5, 0.6) is 0 Å². The Hall–Kier alpha value is -0.730. The van der Waals surface area contributed by atoms with Crippen LogP contribution in [0.4, 0.5) is 0 Å². The van der Waals surface area contributed by atoms with E-state index in [2.05, 4.69) is 122 Å². The Labute approximate surface area is 369 Å². The van der Waals surface area contributed by atoms with E-state index in [9.17, 15) is 4.79 Å². The molecule has 7 nitrogen and oxygen atoms in total. The summed E-state index contributed by atoms with van der Waals surface area (Å²) in [5.74, 6) is 12.7. The molecule has 5 atom stereocenters. The molecule has 0 aromatic heterocycles. The Morgan fingerprint density at radius 2 is 1.22 bits per heavy atom. The van der Waals surface area contributed by atoms with E-state index >= 15 is 0 Å². The molecule has 0 N–H and O–H groups in total. The summed E-state index contributed by atoms with van der Waals surface area (Å²) >= 11 is 0. The molecule has 15 aliphatic rings. The van der Waals surface area contributed by atoms with Gasteiger partial charge in [-0.05, 0) is 188 Å². The van der Waals surface area contributed by atoms with Gasteiger partial charge in [-0.3, -0.25) is 19.5 Å². The molecule has 15 rings (SSSR count). The number of fused-ring (bicyclic) bond motifs is 5. The number of likely N-dealkylation sites (tertiary alicyclic amines) is 5. The Balaban J connectivity index is 0.0000000964. The molecule has 7 aliphatic heterocycles. The largest absolute Gasteiger partial charge is 0.345 e. The molecule has 8 saturated carbocycles. The van der Waals surface area contributed by atoms with Crippen molar-refractivity contribution in [1.82, 2.24) is 29.4 Å². The van der Waals surface area contributed by atoms with Gasteiger partial charge in [0.05, 0.1) is 5.41 Å². The minimum atomic E-state index is 0.0129. The summed E-state index contributed by atoms with van der Waals surface area (Å²) in [6, 6.07) is 4.72. The molecular weight excluding hydrogens is 737 g/mol. The Morgan fingerprint density at radius 3 is 1.65 bits per heavy atom. The standard InChI is InChI=1S/C12H16.C11H21N.C10H18N2O.C10H20N2.C10H19N/c1-4(2)12-8-5-9(12)7-10(12)6(8)11(5,7)3;1-9(2)12-8-4-6-10-5-3-7-11(10)12;1-8(2)12-6-10(7-12)4-5-11(3)9(10)13;1-7(2)12-6-9-8(3)10(12)5-11(9)4;1-8(2)10-4-9(5-10)6-11(3)7-10/h4-10H,1-3H3;9-11H,3-8H2,1-2H3;8H,4-7H2,1-3H3;7-10H,5-6H2,1-4H3;8-9H,4-7H2,1-3H3. The molecule has 7 saturated heterocycles. The van der Waals surface area contributed by atoms with Gasteiger partial charge in [0.25, 0.3) is 0 Å². The zero-order valence-electron chi connectivity index (χ0n) is 41.7. The van der Waals surface area contributed by atoms with E-state index in [0.29, 0.717) is 11.9 Å². The van der Waals surface area contributed by atoms with Crippen molar-refractivity contribution in [2.45, 2.75) is 171 Å². The highest BCUT2D eigenvalue weighted by Gasteiger charge is 3.08. The summed E-state index contributed by atoms with van der Waals surface area (Å²) in [7, 11) is 6.44. The second kappa shape index (κ2) is 15.4. The number of rotatable bonds is 5. The predicted molar refractivity (Wildman–Crippen MR) is 249 cm³/mol. The van der Waals surface area contributed by atoms with Crippen molar-refractivity contribution < 1.29 is 4.79 Å².